The lowest BCUT2D eigenvalue weighted by molar-refractivity contribution is -0.900. The quantitative estimate of drug-likeness (QED) is 0.719. The fourth-order valence-corrected chi connectivity index (χ4v) is 3.98. The minimum atomic E-state index is -4.62. The molecule has 2 N–H and O–H groups in total. The van der Waals surface area contributed by atoms with E-state index in [0.29, 0.717) is 23.4 Å². The van der Waals surface area contributed by atoms with Gasteiger partial charge < -0.3 is 32.6 Å². The van der Waals surface area contributed by atoms with E-state index in [0.717, 1.165) is 39.3 Å². The van der Waals surface area contributed by atoms with E-state index in [1.165, 1.54) is 25.9 Å². The maximum atomic E-state index is 12.1. The van der Waals surface area contributed by atoms with Gasteiger partial charge in [-0.25, -0.2) is 0 Å². The molecule has 134 valence electrons. The number of halogens is 3. The number of nitrogens with one attached hydrogen (secondary N) is 2. The standard InChI is InChI=1S/C8H14BF3NO.C7H13NO/c10-9(11,12)7-13-3-1-8(2-4-13)5-14-6-8;1-3-8-4-2-7(1)5-9-6-7/h1-7H2;8H,1-6H2/q-1;/p+1. The zero-order chi connectivity index (χ0) is 16.4. The van der Waals surface area contributed by atoms with Crippen molar-refractivity contribution in [1.29, 1.82) is 0 Å². The topological polar surface area (TPSA) is 34.9 Å². The van der Waals surface area contributed by atoms with E-state index >= 15 is 0 Å². The third-order valence-electron chi connectivity index (χ3n) is 5.84. The van der Waals surface area contributed by atoms with Crippen molar-refractivity contribution < 1.29 is 27.3 Å². The first-order chi connectivity index (χ1) is 10.9. The van der Waals surface area contributed by atoms with Gasteiger partial charge in [-0.05, 0) is 25.9 Å². The van der Waals surface area contributed by atoms with Crippen molar-refractivity contribution in [2.24, 2.45) is 10.8 Å². The zero-order valence-corrected chi connectivity index (χ0v) is 13.7. The Hall–Kier alpha value is -0.305. The van der Waals surface area contributed by atoms with E-state index in [2.05, 4.69) is 5.32 Å². The maximum Gasteiger partial charge on any atom is 0.531 e. The number of quaternary nitrogens is 1. The first kappa shape index (κ1) is 17.5. The van der Waals surface area contributed by atoms with Gasteiger partial charge in [0.2, 0.25) is 0 Å². The number of piperidine rings is 2. The highest BCUT2D eigenvalue weighted by Gasteiger charge is 2.44. The average Bonchev–Trinajstić information content (AvgIpc) is 2.45. The molecule has 0 aliphatic carbocycles. The second-order valence-electron chi connectivity index (χ2n) is 7.90. The van der Waals surface area contributed by atoms with E-state index in [1.54, 1.807) is 0 Å². The number of ether oxygens (including phenoxy) is 2. The van der Waals surface area contributed by atoms with Crippen LogP contribution in [0.5, 0.6) is 0 Å². The molecular weight excluding hydrogens is 308 g/mol. The molecular formula is C15H28BF3N2O2. The molecule has 0 unspecified atom stereocenters. The van der Waals surface area contributed by atoms with Gasteiger partial charge in [-0.1, -0.05) is 0 Å². The fraction of sp³-hybridized carbons (Fsp3) is 1.00. The third-order valence-corrected chi connectivity index (χ3v) is 5.84. The maximum absolute atomic E-state index is 12.1. The van der Waals surface area contributed by atoms with Crippen LogP contribution in [-0.4, -0.2) is 66.0 Å². The van der Waals surface area contributed by atoms with E-state index in [9.17, 15) is 12.9 Å². The minimum absolute atomic E-state index is 0.252. The monoisotopic (exact) mass is 336 g/mol. The van der Waals surface area contributed by atoms with Gasteiger partial charge >= 0.3 is 6.98 Å². The molecule has 0 bridgehead atoms. The van der Waals surface area contributed by atoms with Gasteiger partial charge in [0.1, 0.15) is 0 Å². The Balaban J connectivity index is 0.000000149. The van der Waals surface area contributed by atoms with Crippen LogP contribution in [0.1, 0.15) is 25.7 Å². The molecule has 23 heavy (non-hydrogen) atoms. The third kappa shape index (κ3) is 4.62. The van der Waals surface area contributed by atoms with Crippen molar-refractivity contribution in [2.75, 3.05) is 59.1 Å². The van der Waals surface area contributed by atoms with Crippen LogP contribution in [0, 0.1) is 10.8 Å². The molecule has 4 heterocycles. The zero-order valence-electron chi connectivity index (χ0n) is 13.7. The highest BCUT2D eigenvalue weighted by atomic mass is 19.4. The first-order valence-electron chi connectivity index (χ1n) is 8.81. The minimum Gasteiger partial charge on any atom is -0.445 e. The van der Waals surface area contributed by atoms with Gasteiger partial charge in [-0.15, -0.1) is 0 Å². The van der Waals surface area contributed by atoms with Gasteiger partial charge in [0.05, 0.1) is 46.0 Å². The molecule has 4 nitrogen and oxygen atoms in total. The van der Waals surface area contributed by atoms with Gasteiger partial charge in [-0.3, -0.25) is 0 Å². The fourth-order valence-electron chi connectivity index (χ4n) is 3.98. The molecule has 0 radical (unpaired) electrons. The predicted octanol–water partition coefficient (Wildman–Crippen LogP) is 0.455. The Labute approximate surface area is 136 Å². The van der Waals surface area contributed by atoms with E-state index in [-0.39, 0.29) is 5.41 Å². The van der Waals surface area contributed by atoms with Crippen LogP contribution in [0.25, 0.3) is 0 Å². The van der Waals surface area contributed by atoms with Crippen LogP contribution in [0.3, 0.4) is 0 Å². The summed E-state index contributed by atoms with van der Waals surface area (Å²) >= 11 is 0. The van der Waals surface area contributed by atoms with Crippen LogP contribution in [0.2, 0.25) is 0 Å². The first-order valence-corrected chi connectivity index (χ1v) is 8.81. The smallest absolute Gasteiger partial charge is 0.445 e. The summed E-state index contributed by atoms with van der Waals surface area (Å²) in [6, 6.07) is 0. The Morgan fingerprint density at radius 3 is 1.65 bits per heavy atom. The van der Waals surface area contributed by atoms with Crippen LogP contribution in [0.15, 0.2) is 0 Å². The number of hydrogen-bond donors (Lipinski definition) is 2. The summed E-state index contributed by atoms with van der Waals surface area (Å²) in [7, 11) is 0. The van der Waals surface area contributed by atoms with E-state index in [1.807, 2.05) is 0 Å². The highest BCUT2D eigenvalue weighted by Crippen LogP contribution is 2.36. The molecule has 4 aliphatic heterocycles. The number of likely N-dealkylation sites (tertiary alicyclic amines) is 1. The van der Waals surface area contributed by atoms with Crippen molar-refractivity contribution in [2.45, 2.75) is 25.7 Å². The molecule has 0 aromatic rings. The summed E-state index contributed by atoms with van der Waals surface area (Å²) in [4.78, 5) is 0.704. The van der Waals surface area contributed by atoms with Crippen LogP contribution < -0.4 is 10.2 Å². The lowest BCUT2D eigenvalue weighted by atomic mass is 9.76. The van der Waals surface area contributed by atoms with Crippen molar-refractivity contribution in [3.05, 3.63) is 0 Å². The Kier molecular flexibility index (Phi) is 5.26. The molecule has 4 aliphatic rings. The number of rotatable bonds is 2. The number of hydrogen-bond acceptors (Lipinski definition) is 3. The Morgan fingerprint density at radius 1 is 0.826 bits per heavy atom. The summed E-state index contributed by atoms with van der Waals surface area (Å²) in [5, 5.41) is 3.35. The molecule has 4 saturated heterocycles. The average molecular weight is 336 g/mol. The van der Waals surface area contributed by atoms with Gasteiger partial charge in [-0.2, -0.15) is 0 Å². The van der Waals surface area contributed by atoms with Crippen LogP contribution in [-0.2, 0) is 9.47 Å². The van der Waals surface area contributed by atoms with Crippen molar-refractivity contribution in [1.82, 2.24) is 5.32 Å². The van der Waals surface area contributed by atoms with Crippen molar-refractivity contribution in [3.63, 3.8) is 0 Å². The molecule has 4 fully saturated rings. The molecule has 0 saturated carbocycles. The lowest BCUT2D eigenvalue weighted by Gasteiger charge is -2.46. The van der Waals surface area contributed by atoms with Gasteiger partial charge in [0.15, 0.2) is 0 Å². The molecule has 0 aromatic heterocycles. The second-order valence-corrected chi connectivity index (χ2v) is 7.90. The van der Waals surface area contributed by atoms with E-state index in [4.69, 9.17) is 9.47 Å². The van der Waals surface area contributed by atoms with Crippen LogP contribution >= 0.6 is 0 Å². The molecule has 0 atom stereocenters. The van der Waals surface area contributed by atoms with Gasteiger partial charge in [0.25, 0.3) is 0 Å². The highest BCUT2D eigenvalue weighted by molar-refractivity contribution is 6.58. The molecule has 2 spiro atoms. The normalized spacial score (nSPS) is 29.3. The summed E-state index contributed by atoms with van der Waals surface area (Å²) in [6.45, 7) is 2.66. The van der Waals surface area contributed by atoms with Crippen molar-refractivity contribution in [3.8, 4) is 0 Å². The lowest BCUT2D eigenvalue weighted by Crippen LogP contribution is -3.15. The Morgan fingerprint density at radius 2 is 1.30 bits per heavy atom. The summed E-state index contributed by atoms with van der Waals surface area (Å²) in [6.07, 6.45) is 3.83. The molecule has 0 amide bonds. The largest absolute Gasteiger partial charge is 0.531 e. The van der Waals surface area contributed by atoms with E-state index < -0.39 is 13.4 Å². The Bertz CT molecular complexity index is 383. The summed E-state index contributed by atoms with van der Waals surface area (Å²) in [5.74, 6) is 0. The predicted molar refractivity (Wildman–Crippen MR) is 82.5 cm³/mol. The SMILES string of the molecule is C1CC2(CCN1)COC2.F[B-](F)(F)C[NH+]1CCC2(CC1)COC2. The van der Waals surface area contributed by atoms with Gasteiger partial charge in [0, 0.05) is 23.7 Å². The second kappa shape index (κ2) is 6.90. The molecule has 4 rings (SSSR count). The summed E-state index contributed by atoms with van der Waals surface area (Å²) in [5.41, 5.74) is 0.868. The molecule has 8 heteroatoms. The summed E-state index contributed by atoms with van der Waals surface area (Å²) < 4.78 is 46.7. The van der Waals surface area contributed by atoms with Crippen LogP contribution in [0.4, 0.5) is 12.9 Å². The molecule has 0 aromatic carbocycles. The van der Waals surface area contributed by atoms with Crippen molar-refractivity contribution >= 4 is 6.98 Å².